The van der Waals surface area contributed by atoms with Gasteiger partial charge < -0.3 is 5.73 Å². The van der Waals surface area contributed by atoms with Crippen molar-refractivity contribution < 1.29 is 0 Å². The molecule has 1 aliphatic carbocycles. The fourth-order valence-corrected chi connectivity index (χ4v) is 2.01. The average molecular weight is 173 g/mol. The van der Waals surface area contributed by atoms with Gasteiger partial charge >= 0.3 is 0 Å². The van der Waals surface area contributed by atoms with Crippen LogP contribution in [0.3, 0.4) is 0 Å². The van der Waals surface area contributed by atoms with Crippen molar-refractivity contribution in [3.05, 3.63) is 47.7 Å². The number of hydrogen-bond donors (Lipinski definition) is 1. The van der Waals surface area contributed by atoms with Crippen LogP contribution in [0, 0.1) is 5.92 Å². The largest absolute Gasteiger partial charge is 0.402 e. The Morgan fingerprint density at radius 3 is 2.69 bits per heavy atom. The van der Waals surface area contributed by atoms with Gasteiger partial charge in [-0.05, 0) is 30.4 Å². The van der Waals surface area contributed by atoms with Gasteiger partial charge in [0.2, 0.25) is 0 Å². The Morgan fingerprint density at radius 1 is 1.31 bits per heavy atom. The van der Waals surface area contributed by atoms with E-state index >= 15 is 0 Å². The molecule has 0 saturated heterocycles. The molecule has 2 N–H and O–H groups in total. The number of nitrogens with two attached hydrogens (primary N) is 1. The minimum atomic E-state index is 0.495. The molecule has 0 amide bonds. The number of fused-ring (bicyclic) bond motifs is 1. The Labute approximate surface area is 79.3 Å². The highest BCUT2D eigenvalue weighted by molar-refractivity contribution is 5.31. The SMILES string of the molecule is C=C(N)C1CCc2ccccc2C1. The van der Waals surface area contributed by atoms with E-state index in [9.17, 15) is 0 Å². The topological polar surface area (TPSA) is 26.0 Å². The molecule has 0 saturated carbocycles. The average Bonchev–Trinajstić information content (AvgIpc) is 2.17. The number of benzene rings is 1. The zero-order valence-corrected chi connectivity index (χ0v) is 7.79. The summed E-state index contributed by atoms with van der Waals surface area (Å²) in [6.45, 7) is 3.83. The lowest BCUT2D eigenvalue weighted by molar-refractivity contribution is 0.522. The molecule has 13 heavy (non-hydrogen) atoms. The van der Waals surface area contributed by atoms with E-state index in [4.69, 9.17) is 5.73 Å². The van der Waals surface area contributed by atoms with Crippen molar-refractivity contribution >= 4 is 0 Å². The lowest BCUT2D eigenvalue weighted by atomic mass is 9.83. The maximum atomic E-state index is 5.73. The molecule has 1 heteroatoms. The van der Waals surface area contributed by atoms with Crippen molar-refractivity contribution in [2.75, 3.05) is 0 Å². The van der Waals surface area contributed by atoms with Gasteiger partial charge in [-0.15, -0.1) is 0 Å². The van der Waals surface area contributed by atoms with Crippen molar-refractivity contribution in [3.8, 4) is 0 Å². The fraction of sp³-hybridized carbons (Fsp3) is 0.333. The Bertz CT molecular complexity index is 328. The van der Waals surface area contributed by atoms with E-state index in [0.29, 0.717) is 5.92 Å². The van der Waals surface area contributed by atoms with E-state index in [-0.39, 0.29) is 0 Å². The predicted molar refractivity (Wildman–Crippen MR) is 55.3 cm³/mol. The lowest BCUT2D eigenvalue weighted by Gasteiger charge is -2.24. The molecule has 0 spiro atoms. The fourth-order valence-electron chi connectivity index (χ4n) is 2.01. The Balaban J connectivity index is 2.24. The van der Waals surface area contributed by atoms with Crippen LogP contribution in [0.15, 0.2) is 36.5 Å². The monoisotopic (exact) mass is 173 g/mol. The summed E-state index contributed by atoms with van der Waals surface area (Å²) in [6, 6.07) is 8.62. The highest BCUT2D eigenvalue weighted by Gasteiger charge is 2.18. The molecule has 1 aromatic rings. The molecule has 1 aromatic carbocycles. The van der Waals surface area contributed by atoms with E-state index in [1.165, 1.54) is 11.1 Å². The van der Waals surface area contributed by atoms with Crippen molar-refractivity contribution in [2.24, 2.45) is 11.7 Å². The molecule has 1 atom stereocenters. The third-order valence-corrected chi connectivity index (χ3v) is 2.87. The van der Waals surface area contributed by atoms with Crippen LogP contribution in [-0.4, -0.2) is 0 Å². The summed E-state index contributed by atoms with van der Waals surface area (Å²) in [7, 11) is 0. The van der Waals surface area contributed by atoms with E-state index in [2.05, 4.69) is 30.8 Å². The molecule has 0 fully saturated rings. The summed E-state index contributed by atoms with van der Waals surface area (Å²) < 4.78 is 0. The summed E-state index contributed by atoms with van der Waals surface area (Å²) in [6.07, 6.45) is 3.38. The van der Waals surface area contributed by atoms with Crippen molar-refractivity contribution in [2.45, 2.75) is 19.3 Å². The van der Waals surface area contributed by atoms with Gasteiger partial charge in [0.25, 0.3) is 0 Å². The molecule has 2 rings (SSSR count). The second kappa shape index (κ2) is 3.25. The molecule has 1 unspecified atom stereocenters. The van der Waals surface area contributed by atoms with Gasteiger partial charge in [-0.2, -0.15) is 0 Å². The van der Waals surface area contributed by atoms with Crippen LogP contribution in [-0.2, 0) is 12.8 Å². The minimum absolute atomic E-state index is 0.495. The number of rotatable bonds is 1. The van der Waals surface area contributed by atoms with Gasteiger partial charge in [0.15, 0.2) is 0 Å². The third-order valence-electron chi connectivity index (χ3n) is 2.87. The highest BCUT2D eigenvalue weighted by atomic mass is 14.6. The first-order chi connectivity index (χ1) is 6.27. The molecule has 68 valence electrons. The molecule has 0 aromatic heterocycles. The summed E-state index contributed by atoms with van der Waals surface area (Å²) in [5.74, 6) is 0.495. The first-order valence-electron chi connectivity index (χ1n) is 4.78. The van der Waals surface area contributed by atoms with Crippen LogP contribution < -0.4 is 5.73 Å². The number of allylic oxidation sites excluding steroid dienone is 1. The minimum Gasteiger partial charge on any atom is -0.402 e. The first kappa shape index (κ1) is 8.36. The molecular weight excluding hydrogens is 158 g/mol. The maximum absolute atomic E-state index is 5.73. The summed E-state index contributed by atoms with van der Waals surface area (Å²) in [5, 5.41) is 0. The van der Waals surface area contributed by atoms with Gasteiger partial charge in [-0.3, -0.25) is 0 Å². The Kier molecular flexibility index (Phi) is 2.09. The molecular formula is C12H15N. The van der Waals surface area contributed by atoms with Gasteiger partial charge in [-0.1, -0.05) is 30.8 Å². The second-order valence-corrected chi connectivity index (χ2v) is 3.78. The molecule has 0 radical (unpaired) electrons. The first-order valence-corrected chi connectivity index (χ1v) is 4.78. The van der Waals surface area contributed by atoms with Gasteiger partial charge in [0.1, 0.15) is 0 Å². The molecule has 0 bridgehead atoms. The van der Waals surface area contributed by atoms with Crippen molar-refractivity contribution in [1.29, 1.82) is 0 Å². The van der Waals surface area contributed by atoms with Crippen LogP contribution >= 0.6 is 0 Å². The third kappa shape index (κ3) is 1.59. The van der Waals surface area contributed by atoms with E-state index in [1.54, 1.807) is 0 Å². The molecule has 1 nitrogen and oxygen atoms in total. The van der Waals surface area contributed by atoms with Crippen molar-refractivity contribution in [1.82, 2.24) is 0 Å². The molecule has 0 aliphatic heterocycles. The standard InChI is InChI=1S/C12H15N/c1-9(13)11-7-6-10-4-2-3-5-12(10)8-11/h2-5,11H,1,6-8,13H2. The Morgan fingerprint density at radius 2 is 2.00 bits per heavy atom. The van der Waals surface area contributed by atoms with Gasteiger partial charge in [0.05, 0.1) is 0 Å². The van der Waals surface area contributed by atoms with Crippen molar-refractivity contribution in [3.63, 3.8) is 0 Å². The van der Waals surface area contributed by atoms with E-state index in [1.807, 2.05) is 0 Å². The maximum Gasteiger partial charge on any atom is 0.00424 e. The summed E-state index contributed by atoms with van der Waals surface area (Å²) in [4.78, 5) is 0. The van der Waals surface area contributed by atoms with E-state index < -0.39 is 0 Å². The lowest BCUT2D eigenvalue weighted by Crippen LogP contribution is -2.19. The van der Waals surface area contributed by atoms with Crippen LogP contribution in [0.1, 0.15) is 17.5 Å². The zero-order chi connectivity index (χ0) is 9.26. The van der Waals surface area contributed by atoms with Crippen LogP contribution in [0.2, 0.25) is 0 Å². The van der Waals surface area contributed by atoms with Crippen LogP contribution in [0.4, 0.5) is 0 Å². The van der Waals surface area contributed by atoms with Gasteiger partial charge in [-0.25, -0.2) is 0 Å². The van der Waals surface area contributed by atoms with Gasteiger partial charge in [0, 0.05) is 11.6 Å². The second-order valence-electron chi connectivity index (χ2n) is 3.78. The summed E-state index contributed by atoms with van der Waals surface area (Å²) >= 11 is 0. The van der Waals surface area contributed by atoms with Crippen LogP contribution in [0.5, 0.6) is 0 Å². The normalized spacial score (nSPS) is 20.8. The predicted octanol–water partition coefficient (Wildman–Crippen LogP) is 2.26. The smallest absolute Gasteiger partial charge is 0.00424 e. The zero-order valence-electron chi connectivity index (χ0n) is 7.79. The molecule has 1 aliphatic rings. The van der Waals surface area contributed by atoms with Crippen LogP contribution in [0.25, 0.3) is 0 Å². The molecule has 0 heterocycles. The Hall–Kier alpha value is -1.24. The van der Waals surface area contributed by atoms with E-state index in [0.717, 1.165) is 25.0 Å². The number of aryl methyl sites for hydroxylation is 1. The number of hydrogen-bond acceptors (Lipinski definition) is 1. The highest BCUT2D eigenvalue weighted by Crippen LogP contribution is 2.27. The summed E-state index contributed by atoms with van der Waals surface area (Å²) in [5.41, 5.74) is 9.51. The quantitative estimate of drug-likeness (QED) is 0.692.